The van der Waals surface area contributed by atoms with Gasteiger partial charge in [0.15, 0.2) is 0 Å². The van der Waals surface area contributed by atoms with Crippen molar-refractivity contribution in [3.05, 3.63) is 34.5 Å². The summed E-state index contributed by atoms with van der Waals surface area (Å²) < 4.78 is 12.0. The lowest BCUT2D eigenvalue weighted by molar-refractivity contribution is 0.161. The van der Waals surface area contributed by atoms with Gasteiger partial charge < -0.3 is 19.4 Å². The molecule has 0 aliphatic heterocycles. The third-order valence-electron chi connectivity index (χ3n) is 3.55. The summed E-state index contributed by atoms with van der Waals surface area (Å²) in [5.74, 6) is 0.975. The summed E-state index contributed by atoms with van der Waals surface area (Å²) in [6.07, 6.45) is 0. The van der Waals surface area contributed by atoms with Crippen molar-refractivity contribution in [1.82, 2.24) is 10.2 Å². The summed E-state index contributed by atoms with van der Waals surface area (Å²) >= 11 is 3.48. The maximum atomic E-state index is 5.89. The predicted octanol–water partition coefficient (Wildman–Crippen LogP) is 3.42. The van der Waals surface area contributed by atoms with E-state index in [9.17, 15) is 0 Å². The lowest BCUT2D eigenvalue weighted by atomic mass is 10.2. The van der Waals surface area contributed by atoms with Crippen molar-refractivity contribution in [2.45, 2.75) is 13.0 Å². The van der Waals surface area contributed by atoms with E-state index in [1.165, 1.54) is 0 Å². The molecule has 0 radical (unpaired) electrons. The van der Waals surface area contributed by atoms with Gasteiger partial charge in [0.25, 0.3) is 0 Å². The first-order valence-electron chi connectivity index (χ1n) is 7.20. The summed E-state index contributed by atoms with van der Waals surface area (Å²) in [5.41, 5.74) is 0.930. The third-order valence-corrected chi connectivity index (χ3v) is 4.04. The van der Waals surface area contributed by atoms with E-state index in [4.69, 9.17) is 9.15 Å². The number of nitrogens with one attached hydrogen (secondary N) is 1. The lowest BCUT2D eigenvalue weighted by Crippen LogP contribution is -2.32. The molecule has 5 heteroatoms. The molecule has 0 bridgehead atoms. The Bertz CT molecular complexity index is 570. The Morgan fingerprint density at radius 2 is 2.14 bits per heavy atom. The zero-order valence-corrected chi connectivity index (χ0v) is 14.4. The fraction of sp³-hybridized carbons (Fsp3) is 0.500. The quantitative estimate of drug-likeness (QED) is 0.787. The molecular weight excluding hydrogens is 332 g/mol. The number of ether oxygens (including phenoxy) is 1. The van der Waals surface area contributed by atoms with Gasteiger partial charge in [-0.05, 0) is 38.2 Å². The molecule has 2 rings (SSSR count). The smallest absolute Gasteiger partial charge is 0.134 e. The molecule has 1 unspecified atom stereocenters. The second-order valence-corrected chi connectivity index (χ2v) is 6.22. The van der Waals surface area contributed by atoms with Gasteiger partial charge >= 0.3 is 0 Å². The molecule has 2 aromatic rings. The number of methoxy groups -OCH3 is 1. The van der Waals surface area contributed by atoms with Gasteiger partial charge in [0.1, 0.15) is 11.3 Å². The molecule has 0 aliphatic carbocycles. The van der Waals surface area contributed by atoms with Gasteiger partial charge in [-0.3, -0.25) is 0 Å². The number of rotatable bonds is 8. The number of hydrogen-bond donors (Lipinski definition) is 1. The maximum absolute atomic E-state index is 5.89. The number of nitrogens with zero attached hydrogens (tertiary/aromatic N) is 1. The van der Waals surface area contributed by atoms with Gasteiger partial charge in [0.2, 0.25) is 0 Å². The topological polar surface area (TPSA) is 37.6 Å². The summed E-state index contributed by atoms with van der Waals surface area (Å²) in [7, 11) is 3.83. The van der Waals surface area contributed by atoms with E-state index in [2.05, 4.69) is 52.3 Å². The predicted molar refractivity (Wildman–Crippen MR) is 89.7 cm³/mol. The third kappa shape index (κ3) is 4.81. The molecular formula is C16H23BrN2O2. The molecule has 116 valence electrons. The van der Waals surface area contributed by atoms with Gasteiger partial charge in [0.05, 0.1) is 12.6 Å². The molecule has 0 fully saturated rings. The number of halogens is 1. The minimum atomic E-state index is 0.201. The zero-order chi connectivity index (χ0) is 15.2. The van der Waals surface area contributed by atoms with E-state index in [1.54, 1.807) is 7.11 Å². The zero-order valence-electron chi connectivity index (χ0n) is 12.9. The molecule has 4 nitrogen and oxygen atoms in total. The number of furan rings is 1. The SMILES string of the molecule is COCCN(C)CCNC(C)c1cc2cc(Br)ccc2o1. The fourth-order valence-electron chi connectivity index (χ4n) is 2.18. The largest absolute Gasteiger partial charge is 0.459 e. The van der Waals surface area contributed by atoms with Crippen LogP contribution in [0.5, 0.6) is 0 Å². The standard InChI is InChI=1S/C16H23BrN2O2/c1-12(18-6-7-19(2)8-9-20-3)16-11-13-10-14(17)4-5-15(13)21-16/h4-5,10-12,18H,6-9H2,1-3H3. The lowest BCUT2D eigenvalue weighted by Gasteiger charge is -2.18. The second kappa shape index (κ2) is 7.94. The monoisotopic (exact) mass is 354 g/mol. The van der Waals surface area contributed by atoms with E-state index in [0.717, 1.165) is 47.4 Å². The molecule has 1 N–H and O–H groups in total. The van der Waals surface area contributed by atoms with Crippen LogP contribution in [0.4, 0.5) is 0 Å². The van der Waals surface area contributed by atoms with Crippen LogP contribution in [0.15, 0.2) is 33.2 Å². The van der Waals surface area contributed by atoms with E-state index in [0.29, 0.717) is 0 Å². The molecule has 1 aromatic carbocycles. The molecule has 1 atom stereocenters. The van der Waals surface area contributed by atoms with E-state index in [-0.39, 0.29) is 6.04 Å². The first-order chi connectivity index (χ1) is 10.1. The Kier molecular flexibility index (Phi) is 6.23. The molecule has 0 saturated carbocycles. The Balaban J connectivity index is 1.85. The molecule has 1 aromatic heterocycles. The average Bonchev–Trinajstić information content (AvgIpc) is 2.88. The molecule has 0 amide bonds. The van der Waals surface area contributed by atoms with Gasteiger partial charge in [-0.25, -0.2) is 0 Å². The first kappa shape index (κ1) is 16.5. The highest BCUT2D eigenvalue weighted by Gasteiger charge is 2.11. The minimum Gasteiger partial charge on any atom is -0.459 e. The Morgan fingerprint density at radius 3 is 2.90 bits per heavy atom. The molecule has 1 heterocycles. The van der Waals surface area contributed by atoms with Crippen LogP contribution in [0, 0.1) is 0 Å². The van der Waals surface area contributed by atoms with Crippen LogP contribution in [0.1, 0.15) is 18.7 Å². The normalized spacial score (nSPS) is 13.2. The van der Waals surface area contributed by atoms with Crippen molar-refractivity contribution >= 4 is 26.9 Å². The average molecular weight is 355 g/mol. The van der Waals surface area contributed by atoms with Crippen LogP contribution in [0.2, 0.25) is 0 Å². The van der Waals surface area contributed by atoms with E-state index in [1.807, 2.05) is 12.1 Å². The van der Waals surface area contributed by atoms with Crippen LogP contribution in [0.3, 0.4) is 0 Å². The first-order valence-corrected chi connectivity index (χ1v) is 7.99. The number of fused-ring (bicyclic) bond motifs is 1. The van der Waals surface area contributed by atoms with E-state index >= 15 is 0 Å². The van der Waals surface area contributed by atoms with Crippen LogP contribution in [-0.2, 0) is 4.74 Å². The minimum absolute atomic E-state index is 0.201. The van der Waals surface area contributed by atoms with Crippen LogP contribution in [0.25, 0.3) is 11.0 Å². The van der Waals surface area contributed by atoms with Crippen LogP contribution in [-0.4, -0.2) is 45.3 Å². The maximum Gasteiger partial charge on any atom is 0.134 e. The van der Waals surface area contributed by atoms with Gasteiger partial charge in [-0.1, -0.05) is 15.9 Å². The van der Waals surface area contributed by atoms with Crippen molar-refractivity contribution in [1.29, 1.82) is 0 Å². The van der Waals surface area contributed by atoms with Crippen LogP contribution < -0.4 is 5.32 Å². The van der Waals surface area contributed by atoms with Crippen molar-refractivity contribution < 1.29 is 9.15 Å². The highest BCUT2D eigenvalue weighted by molar-refractivity contribution is 9.10. The Hall–Kier alpha value is -0.880. The highest BCUT2D eigenvalue weighted by Crippen LogP contribution is 2.26. The summed E-state index contributed by atoms with van der Waals surface area (Å²) in [6, 6.07) is 8.37. The van der Waals surface area contributed by atoms with Gasteiger partial charge in [-0.15, -0.1) is 0 Å². The summed E-state index contributed by atoms with van der Waals surface area (Å²) in [6.45, 7) is 5.75. The summed E-state index contributed by atoms with van der Waals surface area (Å²) in [4.78, 5) is 2.25. The second-order valence-electron chi connectivity index (χ2n) is 5.30. The number of likely N-dealkylation sites (N-methyl/N-ethyl adjacent to an activating group) is 1. The van der Waals surface area contributed by atoms with Gasteiger partial charge in [-0.2, -0.15) is 0 Å². The van der Waals surface area contributed by atoms with Crippen molar-refractivity contribution in [3.8, 4) is 0 Å². The Labute approximate surface area is 134 Å². The fourth-order valence-corrected chi connectivity index (χ4v) is 2.56. The molecule has 0 spiro atoms. The van der Waals surface area contributed by atoms with Crippen LogP contribution >= 0.6 is 15.9 Å². The Morgan fingerprint density at radius 1 is 1.33 bits per heavy atom. The van der Waals surface area contributed by atoms with Gasteiger partial charge in [0, 0.05) is 36.6 Å². The van der Waals surface area contributed by atoms with Crippen molar-refractivity contribution in [2.75, 3.05) is 40.4 Å². The highest BCUT2D eigenvalue weighted by atomic mass is 79.9. The summed E-state index contributed by atoms with van der Waals surface area (Å²) in [5, 5.41) is 4.62. The van der Waals surface area contributed by atoms with E-state index < -0.39 is 0 Å². The number of hydrogen-bond acceptors (Lipinski definition) is 4. The number of benzene rings is 1. The van der Waals surface area contributed by atoms with Crippen molar-refractivity contribution in [2.24, 2.45) is 0 Å². The molecule has 0 aliphatic rings. The molecule has 21 heavy (non-hydrogen) atoms. The van der Waals surface area contributed by atoms with Crippen molar-refractivity contribution in [3.63, 3.8) is 0 Å². The molecule has 0 saturated heterocycles.